The maximum atomic E-state index is 8.95. The van der Waals surface area contributed by atoms with E-state index >= 15 is 0 Å². The third-order valence-corrected chi connectivity index (χ3v) is 7.84. The fourth-order valence-corrected chi connectivity index (χ4v) is 2.24. The van der Waals surface area contributed by atoms with Gasteiger partial charge in [-0.15, -0.1) is 0 Å². The molecule has 0 aliphatic heterocycles. The van der Waals surface area contributed by atoms with Crippen molar-refractivity contribution in [1.82, 2.24) is 5.32 Å². The zero-order valence-electron chi connectivity index (χ0n) is 11.9. The summed E-state index contributed by atoms with van der Waals surface area (Å²) in [5, 5.41) is 12.5. The van der Waals surface area contributed by atoms with Crippen molar-refractivity contribution < 1.29 is 9.53 Å². The molecule has 0 saturated carbocycles. The van der Waals surface area contributed by atoms with Crippen molar-refractivity contribution in [2.45, 2.75) is 64.8 Å². The van der Waals surface area contributed by atoms with E-state index in [1.165, 1.54) is 0 Å². The molecule has 0 saturated heterocycles. The van der Waals surface area contributed by atoms with Crippen LogP contribution in [0, 0.1) is 0 Å². The van der Waals surface area contributed by atoms with Gasteiger partial charge < -0.3 is 14.8 Å². The van der Waals surface area contributed by atoms with Crippen molar-refractivity contribution in [3.05, 3.63) is 0 Å². The second-order valence-electron chi connectivity index (χ2n) is 6.22. The summed E-state index contributed by atoms with van der Waals surface area (Å²) in [6.07, 6.45) is 0. The zero-order chi connectivity index (χ0) is 13.0. The molecule has 0 rings (SSSR count). The number of hydrogen-bond acceptors (Lipinski definition) is 3. The fourth-order valence-electron chi connectivity index (χ4n) is 1.14. The molecule has 0 aliphatic rings. The predicted molar refractivity (Wildman–Crippen MR) is 72.3 cm³/mol. The molecule has 4 heteroatoms. The highest BCUT2D eigenvalue weighted by Gasteiger charge is 2.37. The van der Waals surface area contributed by atoms with Gasteiger partial charge in [0.1, 0.15) is 0 Å². The molecule has 0 radical (unpaired) electrons. The van der Waals surface area contributed by atoms with E-state index in [1.54, 1.807) is 0 Å². The molecule has 0 aromatic carbocycles. The number of aliphatic hydroxyl groups is 1. The molecular weight excluding hydrogens is 218 g/mol. The van der Waals surface area contributed by atoms with E-state index in [4.69, 9.17) is 9.53 Å². The highest BCUT2D eigenvalue weighted by molar-refractivity contribution is 6.74. The van der Waals surface area contributed by atoms with Gasteiger partial charge in [-0.3, -0.25) is 0 Å². The Labute approximate surface area is 102 Å². The van der Waals surface area contributed by atoms with Crippen molar-refractivity contribution in [3.8, 4) is 0 Å². The van der Waals surface area contributed by atoms with E-state index in [2.05, 4.69) is 46.1 Å². The van der Waals surface area contributed by atoms with E-state index in [1.807, 2.05) is 6.92 Å². The summed E-state index contributed by atoms with van der Waals surface area (Å²) in [5.41, 5.74) is 0. The van der Waals surface area contributed by atoms with E-state index in [-0.39, 0.29) is 23.7 Å². The third-order valence-electron chi connectivity index (χ3n) is 3.34. The van der Waals surface area contributed by atoms with Crippen molar-refractivity contribution >= 4 is 8.32 Å². The van der Waals surface area contributed by atoms with Crippen LogP contribution in [0.5, 0.6) is 0 Å². The molecule has 0 bridgehead atoms. The molecule has 0 aliphatic carbocycles. The van der Waals surface area contributed by atoms with Gasteiger partial charge in [-0.25, -0.2) is 0 Å². The highest BCUT2D eigenvalue weighted by atomic mass is 28.4. The Balaban J connectivity index is 4.05. The molecule has 3 nitrogen and oxygen atoms in total. The SMILES string of the molecule is C[C@H](CO[Si](C)(C)C(C)(C)C)N[C@@H](C)CO. The lowest BCUT2D eigenvalue weighted by Gasteiger charge is -2.37. The zero-order valence-corrected chi connectivity index (χ0v) is 12.9. The minimum Gasteiger partial charge on any atom is -0.415 e. The molecular formula is C12H29NO2Si. The van der Waals surface area contributed by atoms with Crippen molar-refractivity contribution in [2.75, 3.05) is 13.2 Å². The maximum Gasteiger partial charge on any atom is 0.192 e. The summed E-state index contributed by atoms with van der Waals surface area (Å²) in [6.45, 7) is 16.2. The first-order valence-corrected chi connectivity index (χ1v) is 9.02. The Hall–Kier alpha value is 0.0969. The van der Waals surface area contributed by atoms with Crippen LogP contribution in [0.4, 0.5) is 0 Å². The van der Waals surface area contributed by atoms with E-state index < -0.39 is 8.32 Å². The fraction of sp³-hybridized carbons (Fsp3) is 1.00. The van der Waals surface area contributed by atoms with Gasteiger partial charge in [-0.05, 0) is 32.0 Å². The summed E-state index contributed by atoms with van der Waals surface area (Å²) in [4.78, 5) is 0. The second kappa shape index (κ2) is 6.14. The quantitative estimate of drug-likeness (QED) is 0.708. The molecule has 2 atom stereocenters. The number of aliphatic hydroxyl groups excluding tert-OH is 1. The minimum atomic E-state index is -1.63. The summed E-state index contributed by atoms with van der Waals surface area (Å²) in [7, 11) is -1.63. The molecule has 0 fully saturated rings. The average Bonchev–Trinajstić information content (AvgIpc) is 2.13. The second-order valence-corrected chi connectivity index (χ2v) is 11.0. The summed E-state index contributed by atoms with van der Waals surface area (Å²) < 4.78 is 6.10. The van der Waals surface area contributed by atoms with E-state index in [0.717, 1.165) is 6.61 Å². The van der Waals surface area contributed by atoms with Crippen LogP contribution in [-0.4, -0.2) is 38.7 Å². The van der Waals surface area contributed by atoms with Crippen molar-refractivity contribution in [2.24, 2.45) is 0 Å². The molecule has 0 aromatic heterocycles. The lowest BCUT2D eigenvalue weighted by Crippen LogP contribution is -2.46. The van der Waals surface area contributed by atoms with E-state index in [0.29, 0.717) is 0 Å². The topological polar surface area (TPSA) is 41.5 Å². The largest absolute Gasteiger partial charge is 0.415 e. The predicted octanol–water partition coefficient (Wildman–Crippen LogP) is 2.37. The Morgan fingerprint density at radius 1 is 1.19 bits per heavy atom. The summed E-state index contributed by atoms with van der Waals surface area (Å²) in [6, 6.07) is 0.425. The van der Waals surface area contributed by atoms with Gasteiger partial charge in [0.2, 0.25) is 0 Å². The first-order valence-electron chi connectivity index (χ1n) is 6.11. The molecule has 0 heterocycles. The lowest BCUT2D eigenvalue weighted by molar-refractivity contribution is 0.207. The molecule has 98 valence electrons. The standard InChI is InChI=1S/C12H29NO2Si/c1-10(8-14)13-11(2)9-15-16(6,7)12(3,4)5/h10-11,13-14H,8-9H2,1-7H3/t10-,11+/m0/s1. The van der Waals surface area contributed by atoms with Gasteiger partial charge in [0.05, 0.1) is 6.61 Å². The Bertz CT molecular complexity index is 202. The molecule has 0 aromatic rings. The van der Waals surface area contributed by atoms with Gasteiger partial charge in [0.15, 0.2) is 8.32 Å². The molecule has 0 amide bonds. The summed E-state index contributed by atoms with van der Waals surface area (Å²) in [5.74, 6) is 0. The highest BCUT2D eigenvalue weighted by Crippen LogP contribution is 2.36. The average molecular weight is 247 g/mol. The molecule has 2 N–H and O–H groups in total. The monoisotopic (exact) mass is 247 g/mol. The van der Waals surface area contributed by atoms with Crippen LogP contribution in [0.1, 0.15) is 34.6 Å². The maximum absolute atomic E-state index is 8.95. The van der Waals surface area contributed by atoms with Crippen LogP contribution in [0.15, 0.2) is 0 Å². The van der Waals surface area contributed by atoms with Crippen molar-refractivity contribution in [3.63, 3.8) is 0 Å². The minimum absolute atomic E-state index is 0.137. The first kappa shape index (κ1) is 16.1. The van der Waals surface area contributed by atoms with Gasteiger partial charge in [0.25, 0.3) is 0 Å². The Morgan fingerprint density at radius 3 is 2.06 bits per heavy atom. The smallest absolute Gasteiger partial charge is 0.192 e. The van der Waals surface area contributed by atoms with Crippen molar-refractivity contribution in [1.29, 1.82) is 0 Å². The van der Waals surface area contributed by atoms with Crippen LogP contribution < -0.4 is 5.32 Å². The van der Waals surface area contributed by atoms with Crippen LogP contribution in [-0.2, 0) is 4.43 Å². The third kappa shape index (κ3) is 5.43. The van der Waals surface area contributed by atoms with E-state index in [9.17, 15) is 0 Å². The van der Waals surface area contributed by atoms with Gasteiger partial charge >= 0.3 is 0 Å². The van der Waals surface area contributed by atoms with Gasteiger partial charge in [-0.2, -0.15) is 0 Å². The number of rotatable bonds is 6. The molecule has 0 unspecified atom stereocenters. The lowest BCUT2D eigenvalue weighted by atomic mass is 10.2. The van der Waals surface area contributed by atoms with Crippen LogP contribution in [0.3, 0.4) is 0 Å². The molecule has 16 heavy (non-hydrogen) atoms. The number of nitrogens with one attached hydrogen (secondary N) is 1. The Morgan fingerprint density at radius 2 is 1.69 bits per heavy atom. The molecule has 0 spiro atoms. The first-order chi connectivity index (χ1) is 7.10. The van der Waals surface area contributed by atoms with Crippen LogP contribution in [0.2, 0.25) is 18.1 Å². The number of hydrogen-bond donors (Lipinski definition) is 2. The summed E-state index contributed by atoms with van der Waals surface area (Å²) >= 11 is 0. The van der Waals surface area contributed by atoms with Crippen LogP contribution >= 0.6 is 0 Å². The normalized spacial score (nSPS) is 17.2. The van der Waals surface area contributed by atoms with Gasteiger partial charge in [0, 0.05) is 18.7 Å². The Kier molecular flexibility index (Phi) is 6.18. The van der Waals surface area contributed by atoms with Gasteiger partial charge in [-0.1, -0.05) is 20.8 Å². The van der Waals surface area contributed by atoms with Crippen LogP contribution in [0.25, 0.3) is 0 Å².